The molecule has 0 aromatic heterocycles. The monoisotopic (exact) mass is 184 g/mol. The van der Waals surface area contributed by atoms with Gasteiger partial charge >= 0.3 is 0 Å². The van der Waals surface area contributed by atoms with Crippen LogP contribution in [0.1, 0.15) is 19.3 Å². The molecule has 0 bridgehead atoms. The van der Waals surface area contributed by atoms with Crippen molar-refractivity contribution in [2.24, 2.45) is 11.7 Å². The van der Waals surface area contributed by atoms with E-state index in [1.54, 1.807) is 0 Å². The standard InChI is InChI=1S/C10H20N2O/c1-12(6-8-2-3-8)10-7-13-5-4-9(10)11/h8-10H,2-7,11H2,1H3. The van der Waals surface area contributed by atoms with Gasteiger partial charge in [-0.1, -0.05) is 0 Å². The van der Waals surface area contributed by atoms with E-state index < -0.39 is 0 Å². The van der Waals surface area contributed by atoms with Crippen LogP contribution >= 0.6 is 0 Å². The zero-order chi connectivity index (χ0) is 9.26. The van der Waals surface area contributed by atoms with Crippen LogP contribution in [0.25, 0.3) is 0 Å². The third-order valence-corrected chi connectivity index (χ3v) is 3.19. The smallest absolute Gasteiger partial charge is 0.0636 e. The lowest BCUT2D eigenvalue weighted by Gasteiger charge is -2.35. The molecule has 0 amide bonds. The number of ether oxygens (including phenoxy) is 1. The predicted octanol–water partition coefficient (Wildman–Crippen LogP) is 0.444. The van der Waals surface area contributed by atoms with E-state index in [9.17, 15) is 0 Å². The summed E-state index contributed by atoms with van der Waals surface area (Å²) < 4.78 is 5.45. The SMILES string of the molecule is CN(CC1CC1)C1COCCC1N. The van der Waals surface area contributed by atoms with Crippen molar-refractivity contribution in [3.05, 3.63) is 0 Å². The van der Waals surface area contributed by atoms with Gasteiger partial charge in [-0.2, -0.15) is 0 Å². The van der Waals surface area contributed by atoms with E-state index >= 15 is 0 Å². The molecule has 2 fully saturated rings. The summed E-state index contributed by atoms with van der Waals surface area (Å²) in [5.41, 5.74) is 6.05. The maximum Gasteiger partial charge on any atom is 0.0636 e. The number of nitrogens with two attached hydrogens (primary N) is 1. The first kappa shape index (κ1) is 9.44. The van der Waals surface area contributed by atoms with Crippen molar-refractivity contribution in [2.75, 3.05) is 26.8 Å². The largest absolute Gasteiger partial charge is 0.380 e. The normalized spacial score (nSPS) is 35.3. The van der Waals surface area contributed by atoms with Gasteiger partial charge in [-0.05, 0) is 32.2 Å². The molecule has 2 aliphatic rings. The molecule has 1 saturated heterocycles. The number of hydrogen-bond donors (Lipinski definition) is 1. The molecule has 2 rings (SSSR count). The second-order valence-corrected chi connectivity index (χ2v) is 4.48. The number of hydrogen-bond acceptors (Lipinski definition) is 3. The number of rotatable bonds is 3. The van der Waals surface area contributed by atoms with E-state index in [2.05, 4.69) is 11.9 Å². The first-order valence-electron chi connectivity index (χ1n) is 5.31. The van der Waals surface area contributed by atoms with Gasteiger partial charge < -0.3 is 10.5 Å². The fraction of sp³-hybridized carbons (Fsp3) is 1.00. The quantitative estimate of drug-likeness (QED) is 0.692. The molecule has 3 nitrogen and oxygen atoms in total. The highest BCUT2D eigenvalue weighted by Crippen LogP contribution is 2.30. The summed E-state index contributed by atoms with van der Waals surface area (Å²) >= 11 is 0. The highest BCUT2D eigenvalue weighted by molar-refractivity contribution is 4.86. The molecule has 13 heavy (non-hydrogen) atoms. The molecule has 76 valence electrons. The highest BCUT2D eigenvalue weighted by atomic mass is 16.5. The Kier molecular flexibility index (Phi) is 2.86. The van der Waals surface area contributed by atoms with Crippen LogP contribution in [0, 0.1) is 5.92 Å². The van der Waals surface area contributed by atoms with E-state index in [-0.39, 0.29) is 0 Å². The van der Waals surface area contributed by atoms with Crippen molar-refractivity contribution >= 4 is 0 Å². The van der Waals surface area contributed by atoms with Gasteiger partial charge in [0.25, 0.3) is 0 Å². The van der Waals surface area contributed by atoms with Crippen LogP contribution in [0.5, 0.6) is 0 Å². The highest BCUT2D eigenvalue weighted by Gasteiger charge is 2.30. The molecular formula is C10H20N2O. The third-order valence-electron chi connectivity index (χ3n) is 3.19. The molecule has 2 atom stereocenters. The van der Waals surface area contributed by atoms with E-state index in [4.69, 9.17) is 10.5 Å². The zero-order valence-electron chi connectivity index (χ0n) is 8.41. The lowest BCUT2D eigenvalue weighted by molar-refractivity contribution is 0.0140. The Morgan fingerprint density at radius 3 is 2.77 bits per heavy atom. The molecule has 1 saturated carbocycles. The number of nitrogens with zero attached hydrogens (tertiary/aromatic N) is 1. The third kappa shape index (κ3) is 2.42. The summed E-state index contributed by atoms with van der Waals surface area (Å²) in [7, 11) is 2.18. The first-order valence-corrected chi connectivity index (χ1v) is 5.31. The van der Waals surface area contributed by atoms with Crippen LogP contribution in [-0.2, 0) is 4.74 Å². The summed E-state index contributed by atoms with van der Waals surface area (Å²) in [6.07, 6.45) is 3.83. The fourth-order valence-corrected chi connectivity index (χ4v) is 2.04. The van der Waals surface area contributed by atoms with E-state index in [0.717, 1.165) is 25.6 Å². The minimum Gasteiger partial charge on any atom is -0.380 e. The first-order chi connectivity index (χ1) is 6.27. The average Bonchev–Trinajstić information content (AvgIpc) is 2.89. The van der Waals surface area contributed by atoms with E-state index in [1.165, 1.54) is 19.4 Å². The molecule has 0 aromatic carbocycles. The van der Waals surface area contributed by atoms with Crippen molar-refractivity contribution in [2.45, 2.75) is 31.3 Å². The van der Waals surface area contributed by atoms with Crippen LogP contribution in [0.2, 0.25) is 0 Å². The summed E-state index contributed by atoms with van der Waals surface area (Å²) in [6, 6.07) is 0.770. The van der Waals surface area contributed by atoms with Crippen LogP contribution in [-0.4, -0.2) is 43.8 Å². The summed E-state index contributed by atoms with van der Waals surface area (Å²) in [6.45, 7) is 2.88. The van der Waals surface area contributed by atoms with Crippen LogP contribution in [0.4, 0.5) is 0 Å². The Hall–Kier alpha value is -0.120. The van der Waals surface area contributed by atoms with Gasteiger partial charge in [0.1, 0.15) is 0 Å². The Balaban J connectivity index is 1.81. The zero-order valence-corrected chi connectivity index (χ0v) is 8.41. The van der Waals surface area contributed by atoms with Crippen LogP contribution < -0.4 is 5.73 Å². The Bertz CT molecular complexity index is 170. The van der Waals surface area contributed by atoms with Crippen molar-refractivity contribution in [3.63, 3.8) is 0 Å². The van der Waals surface area contributed by atoms with Gasteiger partial charge in [-0.15, -0.1) is 0 Å². The molecule has 2 N–H and O–H groups in total. The summed E-state index contributed by atoms with van der Waals surface area (Å²) in [5, 5.41) is 0. The molecule has 0 aromatic rings. The molecule has 1 heterocycles. The van der Waals surface area contributed by atoms with Crippen molar-refractivity contribution < 1.29 is 4.74 Å². The van der Waals surface area contributed by atoms with E-state index in [0.29, 0.717) is 12.1 Å². The molecule has 1 aliphatic carbocycles. The van der Waals surface area contributed by atoms with Crippen LogP contribution in [0.15, 0.2) is 0 Å². The van der Waals surface area contributed by atoms with Gasteiger partial charge in [0.2, 0.25) is 0 Å². The molecule has 3 heteroatoms. The van der Waals surface area contributed by atoms with Gasteiger partial charge in [0.05, 0.1) is 6.61 Å². The Morgan fingerprint density at radius 1 is 1.38 bits per heavy atom. The summed E-state index contributed by atoms with van der Waals surface area (Å²) in [4.78, 5) is 2.39. The molecular weight excluding hydrogens is 164 g/mol. The van der Waals surface area contributed by atoms with Gasteiger partial charge in [0.15, 0.2) is 0 Å². The van der Waals surface area contributed by atoms with Gasteiger partial charge in [-0.25, -0.2) is 0 Å². The minimum atomic E-state index is 0.317. The van der Waals surface area contributed by atoms with Crippen molar-refractivity contribution in [1.29, 1.82) is 0 Å². The second kappa shape index (κ2) is 3.95. The lowest BCUT2D eigenvalue weighted by atomic mass is 10.0. The lowest BCUT2D eigenvalue weighted by Crippen LogP contribution is -2.52. The van der Waals surface area contributed by atoms with Crippen molar-refractivity contribution in [1.82, 2.24) is 4.90 Å². The van der Waals surface area contributed by atoms with E-state index in [1.807, 2.05) is 0 Å². The van der Waals surface area contributed by atoms with Gasteiger partial charge in [-0.3, -0.25) is 4.90 Å². The average molecular weight is 184 g/mol. The maximum atomic E-state index is 6.05. The van der Waals surface area contributed by atoms with Gasteiger partial charge in [0, 0.05) is 25.2 Å². The van der Waals surface area contributed by atoms with Crippen LogP contribution in [0.3, 0.4) is 0 Å². The molecule has 0 radical (unpaired) electrons. The molecule has 0 spiro atoms. The predicted molar refractivity (Wildman–Crippen MR) is 52.6 cm³/mol. The second-order valence-electron chi connectivity index (χ2n) is 4.48. The topological polar surface area (TPSA) is 38.5 Å². The number of likely N-dealkylation sites (N-methyl/N-ethyl adjacent to an activating group) is 1. The fourth-order valence-electron chi connectivity index (χ4n) is 2.04. The summed E-state index contributed by atoms with van der Waals surface area (Å²) in [5.74, 6) is 0.944. The molecule has 1 aliphatic heterocycles. The minimum absolute atomic E-state index is 0.317. The Morgan fingerprint density at radius 2 is 2.15 bits per heavy atom. The molecule has 2 unspecified atom stereocenters. The van der Waals surface area contributed by atoms with Crippen molar-refractivity contribution in [3.8, 4) is 0 Å². The maximum absolute atomic E-state index is 6.05. The Labute approximate surface area is 80.2 Å².